The van der Waals surface area contributed by atoms with E-state index in [2.05, 4.69) is 15.9 Å². The van der Waals surface area contributed by atoms with Crippen LogP contribution in [0.3, 0.4) is 0 Å². The van der Waals surface area contributed by atoms with E-state index >= 15 is 0 Å². The summed E-state index contributed by atoms with van der Waals surface area (Å²) in [7, 11) is -0.892. The van der Waals surface area contributed by atoms with Crippen molar-refractivity contribution in [1.29, 1.82) is 0 Å². The SMILES string of the molecule is CN(C)S(=O)(=O)c1cc(C(=O)OCCCn2c(=O)oc3ccccc32)ccc1Br. The Morgan fingerprint density at radius 3 is 2.66 bits per heavy atom. The molecule has 0 saturated carbocycles. The Kier molecular flexibility index (Phi) is 6.25. The maximum Gasteiger partial charge on any atom is 0.419 e. The monoisotopic (exact) mass is 482 g/mol. The normalized spacial score (nSPS) is 11.9. The van der Waals surface area contributed by atoms with Crippen LogP contribution in [-0.4, -0.2) is 44.0 Å². The number of fused-ring (bicyclic) bond motifs is 1. The van der Waals surface area contributed by atoms with Crippen LogP contribution in [0.5, 0.6) is 0 Å². The number of nitrogens with zero attached hydrogens (tertiary/aromatic N) is 2. The number of sulfonamides is 1. The van der Waals surface area contributed by atoms with Gasteiger partial charge in [0.15, 0.2) is 5.58 Å². The number of hydrogen-bond donors (Lipinski definition) is 0. The number of hydrogen-bond acceptors (Lipinski definition) is 6. The molecular weight excluding hydrogens is 464 g/mol. The molecule has 8 nitrogen and oxygen atoms in total. The maximum atomic E-state index is 12.4. The van der Waals surface area contributed by atoms with E-state index in [1.165, 1.54) is 36.9 Å². The Bertz CT molecular complexity index is 1210. The molecule has 0 saturated heterocycles. The molecule has 0 fully saturated rings. The molecule has 10 heteroatoms. The highest BCUT2D eigenvalue weighted by molar-refractivity contribution is 9.10. The molecule has 0 spiro atoms. The van der Waals surface area contributed by atoms with Crippen molar-refractivity contribution in [1.82, 2.24) is 8.87 Å². The molecule has 2 aromatic carbocycles. The van der Waals surface area contributed by atoms with Gasteiger partial charge in [-0.2, -0.15) is 0 Å². The van der Waals surface area contributed by atoms with Crippen molar-refractivity contribution in [2.75, 3.05) is 20.7 Å². The van der Waals surface area contributed by atoms with Crippen LogP contribution in [-0.2, 0) is 21.3 Å². The van der Waals surface area contributed by atoms with Gasteiger partial charge in [-0.15, -0.1) is 0 Å². The summed E-state index contributed by atoms with van der Waals surface area (Å²) in [4.78, 5) is 24.2. The first-order valence-electron chi connectivity index (χ1n) is 8.69. The maximum absolute atomic E-state index is 12.4. The summed E-state index contributed by atoms with van der Waals surface area (Å²) in [5, 5.41) is 0. The molecule has 0 aliphatic carbocycles. The number of aryl methyl sites for hydroxylation is 1. The lowest BCUT2D eigenvalue weighted by atomic mass is 10.2. The first kappa shape index (κ1) is 21.3. The van der Waals surface area contributed by atoms with Crippen molar-refractivity contribution in [3.8, 4) is 0 Å². The number of para-hydroxylation sites is 2. The first-order valence-corrected chi connectivity index (χ1v) is 10.9. The highest BCUT2D eigenvalue weighted by atomic mass is 79.9. The van der Waals surface area contributed by atoms with Gasteiger partial charge in [0.2, 0.25) is 10.0 Å². The molecule has 29 heavy (non-hydrogen) atoms. The average Bonchev–Trinajstić information content (AvgIpc) is 3.00. The Balaban J connectivity index is 1.66. The summed E-state index contributed by atoms with van der Waals surface area (Å²) in [6.07, 6.45) is 0.397. The Morgan fingerprint density at radius 2 is 1.93 bits per heavy atom. The van der Waals surface area contributed by atoms with Crippen molar-refractivity contribution >= 4 is 43.0 Å². The van der Waals surface area contributed by atoms with Gasteiger partial charge in [0, 0.05) is 25.1 Å². The summed E-state index contributed by atoms with van der Waals surface area (Å²) in [6.45, 7) is 0.389. The molecule has 0 radical (unpaired) electrons. The predicted molar refractivity (Wildman–Crippen MR) is 110 cm³/mol. The molecular formula is C19H19BrN2O6S. The van der Waals surface area contributed by atoms with E-state index in [1.807, 2.05) is 0 Å². The molecule has 3 rings (SSSR count). The van der Waals surface area contributed by atoms with E-state index < -0.39 is 21.7 Å². The molecule has 0 aliphatic heterocycles. The average molecular weight is 483 g/mol. The number of halogens is 1. The van der Waals surface area contributed by atoms with Gasteiger partial charge >= 0.3 is 11.7 Å². The Morgan fingerprint density at radius 1 is 1.21 bits per heavy atom. The van der Waals surface area contributed by atoms with Crippen molar-refractivity contribution in [2.24, 2.45) is 0 Å². The fourth-order valence-electron chi connectivity index (χ4n) is 2.72. The molecule has 0 aliphatic rings. The Labute approximate surface area is 175 Å². The van der Waals surface area contributed by atoms with Crippen LogP contribution in [0.2, 0.25) is 0 Å². The zero-order valence-corrected chi connectivity index (χ0v) is 18.2. The second kappa shape index (κ2) is 8.52. The van der Waals surface area contributed by atoms with E-state index in [1.54, 1.807) is 24.3 Å². The summed E-state index contributed by atoms with van der Waals surface area (Å²) >= 11 is 3.20. The summed E-state index contributed by atoms with van der Waals surface area (Å²) in [6, 6.07) is 11.3. The standard InChI is InChI=1S/C19H19BrN2O6S/c1-21(2)29(25,26)17-12-13(8-9-14(17)20)18(23)27-11-5-10-22-15-6-3-4-7-16(15)28-19(22)24/h3-4,6-9,12H,5,10-11H2,1-2H3. The number of esters is 1. The van der Waals surface area contributed by atoms with Gasteiger partial charge in [0.25, 0.3) is 0 Å². The second-order valence-electron chi connectivity index (χ2n) is 6.41. The molecule has 0 atom stereocenters. The number of carbonyl (C=O) groups excluding carboxylic acids is 1. The second-order valence-corrected chi connectivity index (χ2v) is 9.38. The molecule has 0 N–H and O–H groups in total. The lowest BCUT2D eigenvalue weighted by molar-refractivity contribution is 0.0495. The zero-order chi connectivity index (χ0) is 21.2. The summed E-state index contributed by atoms with van der Waals surface area (Å²) in [5.74, 6) is -1.11. The van der Waals surface area contributed by atoms with Crippen molar-refractivity contribution in [2.45, 2.75) is 17.9 Å². The van der Waals surface area contributed by atoms with Crippen LogP contribution in [0.25, 0.3) is 11.1 Å². The first-order chi connectivity index (χ1) is 13.7. The molecule has 0 bridgehead atoms. The van der Waals surface area contributed by atoms with Crippen molar-refractivity contribution in [3.63, 3.8) is 0 Å². The van der Waals surface area contributed by atoms with Crippen molar-refractivity contribution < 1.29 is 22.4 Å². The number of carbonyl (C=O) groups is 1. The molecule has 3 aromatic rings. The van der Waals surface area contributed by atoms with Crippen molar-refractivity contribution in [3.05, 3.63) is 63.1 Å². The molecule has 1 aromatic heterocycles. The van der Waals surface area contributed by atoms with E-state index in [-0.39, 0.29) is 17.1 Å². The number of benzene rings is 2. The minimum atomic E-state index is -3.71. The largest absolute Gasteiger partial charge is 0.462 e. The van der Waals surface area contributed by atoms with Crippen LogP contribution >= 0.6 is 15.9 Å². The van der Waals surface area contributed by atoms with Crippen LogP contribution in [0.4, 0.5) is 0 Å². The highest BCUT2D eigenvalue weighted by Crippen LogP contribution is 2.25. The smallest absolute Gasteiger partial charge is 0.419 e. The van der Waals surface area contributed by atoms with E-state index in [9.17, 15) is 18.0 Å². The lowest BCUT2D eigenvalue weighted by Crippen LogP contribution is -2.23. The fraction of sp³-hybridized carbons (Fsp3) is 0.263. The van der Waals surface area contributed by atoms with Gasteiger partial charge in [-0.25, -0.2) is 22.3 Å². The number of aromatic nitrogens is 1. The van der Waals surface area contributed by atoms with E-state index in [0.29, 0.717) is 28.5 Å². The van der Waals surface area contributed by atoms with Gasteiger partial charge in [0.1, 0.15) is 0 Å². The Hall–Kier alpha value is -2.43. The number of ether oxygens (including phenoxy) is 1. The summed E-state index contributed by atoms with van der Waals surface area (Å²) in [5.41, 5.74) is 1.30. The quantitative estimate of drug-likeness (QED) is 0.379. The topological polar surface area (TPSA) is 98.8 Å². The third-order valence-corrected chi connectivity index (χ3v) is 7.07. The third-order valence-electron chi connectivity index (χ3n) is 4.26. The van der Waals surface area contributed by atoms with Gasteiger partial charge < -0.3 is 9.15 Å². The zero-order valence-electron chi connectivity index (χ0n) is 15.8. The van der Waals surface area contributed by atoms with Gasteiger partial charge in [0.05, 0.1) is 22.6 Å². The predicted octanol–water partition coefficient (Wildman–Crippen LogP) is 2.85. The third kappa shape index (κ3) is 4.44. The number of oxazole rings is 1. The molecule has 0 unspecified atom stereocenters. The molecule has 0 amide bonds. The van der Waals surface area contributed by atoms with Gasteiger partial charge in [-0.1, -0.05) is 12.1 Å². The van der Waals surface area contributed by atoms with E-state index in [0.717, 1.165) is 4.31 Å². The molecule has 154 valence electrons. The molecule has 1 heterocycles. The van der Waals surface area contributed by atoms with Crippen LogP contribution < -0.4 is 5.76 Å². The summed E-state index contributed by atoms with van der Waals surface area (Å²) < 4.78 is 38.0. The van der Waals surface area contributed by atoms with Crippen LogP contribution in [0, 0.1) is 0 Å². The highest BCUT2D eigenvalue weighted by Gasteiger charge is 2.22. The van der Waals surface area contributed by atoms with Crippen LogP contribution in [0.1, 0.15) is 16.8 Å². The minimum Gasteiger partial charge on any atom is -0.462 e. The van der Waals surface area contributed by atoms with Crippen LogP contribution in [0.15, 0.2) is 61.0 Å². The van der Waals surface area contributed by atoms with Gasteiger partial charge in [-0.05, 0) is 52.7 Å². The fourth-order valence-corrected chi connectivity index (χ4v) is 4.57. The lowest BCUT2D eigenvalue weighted by Gasteiger charge is -2.14. The minimum absolute atomic E-state index is 0.0200. The van der Waals surface area contributed by atoms with Gasteiger partial charge in [-0.3, -0.25) is 4.57 Å². The number of rotatable bonds is 7. The van der Waals surface area contributed by atoms with E-state index in [4.69, 9.17) is 9.15 Å².